The number of halogens is 2. The monoisotopic (exact) mass is 281 g/mol. The van der Waals surface area contributed by atoms with Crippen LogP contribution in [0.3, 0.4) is 0 Å². The third-order valence-electron chi connectivity index (χ3n) is 3.04. The number of alkyl halides is 2. The molecule has 1 N–H and O–H groups in total. The number of rotatable bonds is 6. The predicted molar refractivity (Wildman–Crippen MR) is 71.2 cm³/mol. The number of aromatic nitrogens is 2. The van der Waals surface area contributed by atoms with Crippen LogP contribution in [-0.2, 0) is 6.54 Å². The van der Waals surface area contributed by atoms with Crippen molar-refractivity contribution >= 4 is 0 Å². The standard InChI is InChI=1S/C14H17F2N3O/c1-18(9-12(20)11-5-3-2-4-6-11)10-13-17-7-8-19(13)14(15)16/h2-8,12,14,20H,9-10H2,1H3. The van der Waals surface area contributed by atoms with Gasteiger partial charge in [-0.15, -0.1) is 0 Å². The zero-order chi connectivity index (χ0) is 14.5. The van der Waals surface area contributed by atoms with Crippen molar-refractivity contribution in [3.8, 4) is 0 Å². The van der Waals surface area contributed by atoms with E-state index in [0.717, 1.165) is 10.1 Å². The Morgan fingerprint density at radius 2 is 2.00 bits per heavy atom. The van der Waals surface area contributed by atoms with E-state index in [1.54, 1.807) is 11.9 Å². The molecule has 4 nitrogen and oxygen atoms in total. The van der Waals surface area contributed by atoms with Crippen LogP contribution in [-0.4, -0.2) is 33.1 Å². The number of hydrogen-bond donors (Lipinski definition) is 1. The van der Waals surface area contributed by atoms with Crippen molar-refractivity contribution in [2.24, 2.45) is 0 Å². The van der Waals surface area contributed by atoms with E-state index < -0.39 is 12.7 Å². The summed E-state index contributed by atoms with van der Waals surface area (Å²) >= 11 is 0. The van der Waals surface area contributed by atoms with Crippen LogP contribution in [0.5, 0.6) is 0 Å². The van der Waals surface area contributed by atoms with Crippen LogP contribution in [0.25, 0.3) is 0 Å². The largest absolute Gasteiger partial charge is 0.387 e. The van der Waals surface area contributed by atoms with Gasteiger partial charge in [0.2, 0.25) is 0 Å². The topological polar surface area (TPSA) is 41.3 Å². The number of nitrogens with zero attached hydrogens (tertiary/aromatic N) is 3. The summed E-state index contributed by atoms with van der Waals surface area (Å²) in [6, 6.07) is 9.24. The van der Waals surface area contributed by atoms with Gasteiger partial charge in [-0.3, -0.25) is 9.47 Å². The van der Waals surface area contributed by atoms with Crippen molar-refractivity contribution in [1.29, 1.82) is 0 Å². The van der Waals surface area contributed by atoms with Gasteiger partial charge in [-0.2, -0.15) is 8.78 Å². The maximum Gasteiger partial charge on any atom is 0.319 e. The number of hydrogen-bond acceptors (Lipinski definition) is 3. The molecule has 0 amide bonds. The SMILES string of the molecule is CN(Cc1nccn1C(F)F)CC(O)c1ccccc1. The van der Waals surface area contributed by atoms with Crippen molar-refractivity contribution in [3.05, 3.63) is 54.1 Å². The Morgan fingerprint density at radius 3 is 2.65 bits per heavy atom. The van der Waals surface area contributed by atoms with Crippen LogP contribution in [0.2, 0.25) is 0 Å². The Labute approximate surface area is 116 Å². The van der Waals surface area contributed by atoms with Gasteiger partial charge in [0.05, 0.1) is 12.6 Å². The highest BCUT2D eigenvalue weighted by atomic mass is 19.3. The Bertz CT molecular complexity index is 530. The maximum absolute atomic E-state index is 12.7. The zero-order valence-corrected chi connectivity index (χ0v) is 11.2. The van der Waals surface area contributed by atoms with Crippen molar-refractivity contribution in [2.75, 3.05) is 13.6 Å². The molecule has 20 heavy (non-hydrogen) atoms. The van der Waals surface area contributed by atoms with Gasteiger partial charge in [0, 0.05) is 18.9 Å². The van der Waals surface area contributed by atoms with E-state index in [2.05, 4.69) is 4.98 Å². The quantitative estimate of drug-likeness (QED) is 0.884. The molecule has 1 aromatic carbocycles. The lowest BCUT2D eigenvalue weighted by Crippen LogP contribution is -2.26. The molecule has 1 atom stereocenters. The fourth-order valence-corrected chi connectivity index (χ4v) is 2.03. The number of benzene rings is 1. The van der Waals surface area contributed by atoms with Crippen LogP contribution in [0.4, 0.5) is 8.78 Å². The average Bonchev–Trinajstić information content (AvgIpc) is 2.87. The molecule has 0 fully saturated rings. The van der Waals surface area contributed by atoms with Gasteiger partial charge >= 0.3 is 6.55 Å². The number of aliphatic hydroxyl groups is 1. The predicted octanol–water partition coefficient (Wildman–Crippen LogP) is 2.44. The molecule has 6 heteroatoms. The minimum absolute atomic E-state index is 0.251. The summed E-state index contributed by atoms with van der Waals surface area (Å²) in [4.78, 5) is 5.68. The first-order chi connectivity index (χ1) is 9.58. The van der Waals surface area contributed by atoms with Gasteiger partial charge in [-0.1, -0.05) is 30.3 Å². The highest BCUT2D eigenvalue weighted by molar-refractivity contribution is 5.17. The molecular formula is C14H17F2N3O. The lowest BCUT2D eigenvalue weighted by molar-refractivity contribution is 0.0624. The molecule has 1 unspecified atom stereocenters. The molecular weight excluding hydrogens is 264 g/mol. The Kier molecular flexibility index (Phi) is 4.81. The van der Waals surface area contributed by atoms with E-state index in [-0.39, 0.29) is 12.4 Å². The summed E-state index contributed by atoms with van der Waals surface area (Å²) in [6.07, 6.45) is 1.95. The summed E-state index contributed by atoms with van der Waals surface area (Å²) in [5.41, 5.74) is 0.802. The first-order valence-corrected chi connectivity index (χ1v) is 6.29. The lowest BCUT2D eigenvalue weighted by Gasteiger charge is -2.20. The van der Waals surface area contributed by atoms with Crippen LogP contribution < -0.4 is 0 Å². The normalized spacial score (nSPS) is 13.1. The number of imidazole rings is 1. The van der Waals surface area contributed by atoms with Crippen LogP contribution in [0, 0.1) is 0 Å². The summed E-state index contributed by atoms with van der Waals surface area (Å²) in [7, 11) is 1.76. The molecule has 2 aromatic rings. The van der Waals surface area contributed by atoms with Crippen molar-refractivity contribution in [3.63, 3.8) is 0 Å². The van der Waals surface area contributed by atoms with Gasteiger partial charge in [-0.25, -0.2) is 4.98 Å². The summed E-state index contributed by atoms with van der Waals surface area (Å²) in [6.45, 7) is -2.00. The van der Waals surface area contributed by atoms with Crippen LogP contribution in [0.1, 0.15) is 24.0 Å². The van der Waals surface area contributed by atoms with Gasteiger partial charge in [-0.05, 0) is 12.6 Å². The van der Waals surface area contributed by atoms with Crippen molar-refractivity contribution < 1.29 is 13.9 Å². The van der Waals surface area contributed by atoms with E-state index >= 15 is 0 Å². The first kappa shape index (κ1) is 14.6. The van der Waals surface area contributed by atoms with E-state index in [1.165, 1.54) is 12.4 Å². The Hall–Kier alpha value is -1.79. The van der Waals surface area contributed by atoms with Crippen LogP contribution in [0.15, 0.2) is 42.7 Å². The molecule has 0 radical (unpaired) electrons. The average molecular weight is 281 g/mol. The van der Waals surface area contributed by atoms with Gasteiger partial charge < -0.3 is 5.11 Å². The highest BCUT2D eigenvalue weighted by Gasteiger charge is 2.15. The fourth-order valence-electron chi connectivity index (χ4n) is 2.03. The number of aliphatic hydroxyl groups excluding tert-OH is 1. The number of likely N-dealkylation sites (N-methyl/N-ethyl adjacent to an activating group) is 1. The molecule has 1 heterocycles. The molecule has 0 spiro atoms. The molecule has 0 aliphatic heterocycles. The lowest BCUT2D eigenvalue weighted by atomic mass is 10.1. The van der Waals surface area contributed by atoms with Gasteiger partial charge in [0.15, 0.2) is 0 Å². The van der Waals surface area contributed by atoms with Crippen molar-refractivity contribution in [1.82, 2.24) is 14.5 Å². The second-order valence-corrected chi connectivity index (χ2v) is 4.65. The molecule has 0 aliphatic carbocycles. The molecule has 0 saturated heterocycles. The molecule has 2 rings (SSSR count). The van der Waals surface area contributed by atoms with E-state index in [0.29, 0.717) is 6.54 Å². The second-order valence-electron chi connectivity index (χ2n) is 4.65. The molecule has 0 aliphatic rings. The first-order valence-electron chi connectivity index (χ1n) is 6.29. The molecule has 108 valence electrons. The third-order valence-corrected chi connectivity index (χ3v) is 3.04. The summed E-state index contributed by atoms with van der Waals surface area (Å²) in [5.74, 6) is 0.280. The van der Waals surface area contributed by atoms with Crippen LogP contribution >= 0.6 is 0 Å². The van der Waals surface area contributed by atoms with E-state index in [9.17, 15) is 13.9 Å². The highest BCUT2D eigenvalue weighted by Crippen LogP contribution is 2.16. The third kappa shape index (κ3) is 3.61. The van der Waals surface area contributed by atoms with Gasteiger partial charge in [0.1, 0.15) is 5.82 Å². The molecule has 0 bridgehead atoms. The van der Waals surface area contributed by atoms with Crippen molar-refractivity contribution in [2.45, 2.75) is 19.2 Å². The Morgan fingerprint density at radius 1 is 1.30 bits per heavy atom. The maximum atomic E-state index is 12.7. The summed E-state index contributed by atoms with van der Waals surface area (Å²) in [5, 5.41) is 10.1. The zero-order valence-electron chi connectivity index (χ0n) is 11.2. The molecule has 0 saturated carbocycles. The van der Waals surface area contributed by atoms with Gasteiger partial charge in [0.25, 0.3) is 0 Å². The Balaban J connectivity index is 1.95. The molecule has 1 aromatic heterocycles. The summed E-state index contributed by atoms with van der Waals surface area (Å²) < 4.78 is 26.2. The smallest absolute Gasteiger partial charge is 0.319 e. The minimum atomic E-state index is -2.60. The van der Waals surface area contributed by atoms with E-state index in [4.69, 9.17) is 0 Å². The minimum Gasteiger partial charge on any atom is -0.387 e. The van der Waals surface area contributed by atoms with E-state index in [1.807, 2.05) is 30.3 Å². The second kappa shape index (κ2) is 6.58. The fraction of sp³-hybridized carbons (Fsp3) is 0.357.